The number of nitrogens with zero attached hydrogens (tertiary/aromatic N) is 1. The van der Waals surface area contributed by atoms with Gasteiger partial charge in [-0.1, -0.05) is 18.2 Å². The molecule has 0 bridgehead atoms. The van der Waals surface area contributed by atoms with Crippen molar-refractivity contribution in [3.05, 3.63) is 53.1 Å². The van der Waals surface area contributed by atoms with Gasteiger partial charge in [0.15, 0.2) is 0 Å². The highest BCUT2D eigenvalue weighted by Gasteiger charge is 2.31. The Morgan fingerprint density at radius 1 is 1.13 bits per heavy atom. The molecule has 0 spiro atoms. The molecular formula is C22H30N2O5S. The van der Waals surface area contributed by atoms with Crippen LogP contribution in [0.15, 0.2) is 36.4 Å². The van der Waals surface area contributed by atoms with Gasteiger partial charge >= 0.3 is 0 Å². The van der Waals surface area contributed by atoms with Crippen LogP contribution in [0, 0.1) is 20.8 Å². The minimum atomic E-state index is -3.73. The van der Waals surface area contributed by atoms with E-state index in [1.807, 2.05) is 45.0 Å². The molecule has 1 unspecified atom stereocenters. The lowest BCUT2D eigenvalue weighted by Gasteiger charge is -2.29. The Morgan fingerprint density at radius 3 is 2.47 bits per heavy atom. The molecule has 8 heteroatoms. The third-order valence-corrected chi connectivity index (χ3v) is 6.10. The lowest BCUT2D eigenvalue weighted by molar-refractivity contribution is -0.121. The summed E-state index contributed by atoms with van der Waals surface area (Å²) in [6.07, 6.45) is 1.07. The van der Waals surface area contributed by atoms with Crippen molar-refractivity contribution in [2.45, 2.75) is 33.7 Å². The zero-order valence-electron chi connectivity index (χ0n) is 18.4. The lowest BCUT2D eigenvalue weighted by Crippen LogP contribution is -2.48. The van der Waals surface area contributed by atoms with Crippen LogP contribution in [0.4, 0.5) is 5.69 Å². The number of rotatable bonds is 9. The Bertz CT molecular complexity index is 1000. The summed E-state index contributed by atoms with van der Waals surface area (Å²) < 4.78 is 37.2. The first-order chi connectivity index (χ1) is 14.1. The summed E-state index contributed by atoms with van der Waals surface area (Å²) in [6, 6.07) is 10.0. The number of ether oxygens (including phenoxy) is 2. The first kappa shape index (κ1) is 23.5. The highest BCUT2D eigenvalue weighted by molar-refractivity contribution is 7.92. The van der Waals surface area contributed by atoms with Crippen LogP contribution in [-0.4, -0.2) is 46.9 Å². The maximum Gasteiger partial charge on any atom is 0.243 e. The topological polar surface area (TPSA) is 84.9 Å². The molecule has 0 saturated heterocycles. The van der Waals surface area contributed by atoms with E-state index in [1.54, 1.807) is 19.1 Å². The molecule has 1 N–H and O–H groups in total. The highest BCUT2D eigenvalue weighted by atomic mass is 32.2. The van der Waals surface area contributed by atoms with Crippen molar-refractivity contribution in [2.24, 2.45) is 0 Å². The number of amides is 1. The van der Waals surface area contributed by atoms with E-state index < -0.39 is 22.0 Å². The number of benzene rings is 2. The molecule has 0 saturated carbocycles. The second kappa shape index (κ2) is 9.84. The molecule has 0 heterocycles. The van der Waals surface area contributed by atoms with E-state index in [0.717, 1.165) is 33.0 Å². The summed E-state index contributed by atoms with van der Waals surface area (Å²) in [7, 11) is -2.27. The third kappa shape index (κ3) is 5.66. The Hall–Kier alpha value is -2.74. The number of nitrogens with one attached hydrogen (secondary N) is 1. The zero-order valence-corrected chi connectivity index (χ0v) is 19.2. The molecule has 164 valence electrons. The van der Waals surface area contributed by atoms with Gasteiger partial charge in [0.05, 0.1) is 25.6 Å². The molecule has 0 radical (unpaired) electrons. The zero-order chi connectivity index (χ0) is 22.5. The fourth-order valence-electron chi connectivity index (χ4n) is 3.12. The standard InChI is InChI=1S/C22H30N2O5S/c1-15-10-11-21(28-5)19(14-15)24(30(6,26)27)18(4)22(25)23-12-13-29-20-9-7-8-16(2)17(20)3/h7-11,14,18H,12-13H2,1-6H3,(H,23,25). The smallest absolute Gasteiger partial charge is 0.243 e. The van der Waals surface area contributed by atoms with Gasteiger partial charge in [-0.05, 0) is 62.6 Å². The molecule has 1 atom stereocenters. The van der Waals surface area contributed by atoms with Gasteiger partial charge in [-0.2, -0.15) is 0 Å². The molecule has 0 fully saturated rings. The summed E-state index contributed by atoms with van der Waals surface area (Å²) in [5.41, 5.74) is 3.36. The molecule has 2 aromatic carbocycles. The molecule has 2 rings (SSSR count). The molecule has 0 aliphatic rings. The van der Waals surface area contributed by atoms with Gasteiger partial charge in [0, 0.05) is 0 Å². The monoisotopic (exact) mass is 434 g/mol. The van der Waals surface area contributed by atoms with Gasteiger partial charge in [-0.3, -0.25) is 9.10 Å². The molecule has 0 aromatic heterocycles. The molecule has 0 aliphatic carbocycles. The van der Waals surface area contributed by atoms with Crippen molar-refractivity contribution in [3.8, 4) is 11.5 Å². The minimum absolute atomic E-state index is 0.249. The number of sulfonamides is 1. The van der Waals surface area contributed by atoms with E-state index in [1.165, 1.54) is 7.11 Å². The average molecular weight is 435 g/mol. The Kier molecular flexibility index (Phi) is 7.72. The van der Waals surface area contributed by atoms with Crippen molar-refractivity contribution in [1.29, 1.82) is 0 Å². The Morgan fingerprint density at radius 2 is 1.83 bits per heavy atom. The molecular weight excluding hydrogens is 404 g/mol. The predicted molar refractivity (Wildman–Crippen MR) is 119 cm³/mol. The number of anilines is 1. The van der Waals surface area contributed by atoms with E-state index in [2.05, 4.69) is 5.32 Å². The summed E-state index contributed by atoms with van der Waals surface area (Å²) in [6.45, 7) is 7.90. The number of carbonyl (C=O) groups excluding carboxylic acids is 1. The third-order valence-electron chi connectivity index (χ3n) is 4.87. The highest BCUT2D eigenvalue weighted by Crippen LogP contribution is 2.32. The van der Waals surface area contributed by atoms with Gasteiger partial charge < -0.3 is 14.8 Å². The van der Waals surface area contributed by atoms with E-state index in [0.29, 0.717) is 11.4 Å². The van der Waals surface area contributed by atoms with Gasteiger partial charge in [0.25, 0.3) is 0 Å². The van der Waals surface area contributed by atoms with Crippen LogP contribution >= 0.6 is 0 Å². The number of hydrogen-bond acceptors (Lipinski definition) is 5. The van der Waals surface area contributed by atoms with Crippen molar-refractivity contribution >= 4 is 21.6 Å². The van der Waals surface area contributed by atoms with Crippen LogP contribution in [0.5, 0.6) is 11.5 Å². The summed E-state index contributed by atoms with van der Waals surface area (Å²) in [5.74, 6) is 0.719. The number of hydrogen-bond donors (Lipinski definition) is 1. The Balaban J connectivity index is 2.10. The molecule has 1 amide bonds. The fourth-order valence-corrected chi connectivity index (χ4v) is 4.29. The fraction of sp³-hybridized carbons (Fsp3) is 0.409. The van der Waals surface area contributed by atoms with E-state index in [9.17, 15) is 13.2 Å². The van der Waals surface area contributed by atoms with Gasteiger partial charge in [0.1, 0.15) is 24.1 Å². The number of carbonyl (C=O) groups is 1. The largest absolute Gasteiger partial charge is 0.495 e. The van der Waals surface area contributed by atoms with Crippen molar-refractivity contribution in [2.75, 3.05) is 30.8 Å². The SMILES string of the molecule is COc1ccc(C)cc1N(C(C)C(=O)NCCOc1cccc(C)c1C)S(C)(=O)=O. The maximum absolute atomic E-state index is 12.7. The normalized spacial score (nSPS) is 12.2. The van der Waals surface area contributed by atoms with E-state index in [4.69, 9.17) is 9.47 Å². The van der Waals surface area contributed by atoms with Crippen LogP contribution in [0.25, 0.3) is 0 Å². The second-order valence-electron chi connectivity index (χ2n) is 7.25. The van der Waals surface area contributed by atoms with Crippen LogP contribution in [0.2, 0.25) is 0 Å². The van der Waals surface area contributed by atoms with Crippen LogP contribution < -0.4 is 19.1 Å². The summed E-state index contributed by atoms with van der Waals surface area (Å²) >= 11 is 0. The minimum Gasteiger partial charge on any atom is -0.495 e. The first-order valence-electron chi connectivity index (χ1n) is 9.67. The van der Waals surface area contributed by atoms with E-state index >= 15 is 0 Å². The van der Waals surface area contributed by atoms with Crippen molar-refractivity contribution in [3.63, 3.8) is 0 Å². The van der Waals surface area contributed by atoms with Crippen molar-refractivity contribution < 1.29 is 22.7 Å². The maximum atomic E-state index is 12.7. The van der Waals surface area contributed by atoms with Crippen LogP contribution in [-0.2, 0) is 14.8 Å². The number of methoxy groups -OCH3 is 1. The van der Waals surface area contributed by atoms with E-state index in [-0.39, 0.29) is 13.2 Å². The van der Waals surface area contributed by atoms with Crippen molar-refractivity contribution in [1.82, 2.24) is 5.32 Å². The molecule has 2 aromatic rings. The Labute approximate surface area is 179 Å². The van der Waals surface area contributed by atoms with Gasteiger partial charge in [0.2, 0.25) is 15.9 Å². The second-order valence-corrected chi connectivity index (χ2v) is 9.11. The van der Waals surface area contributed by atoms with Gasteiger partial charge in [-0.25, -0.2) is 8.42 Å². The van der Waals surface area contributed by atoms with Crippen LogP contribution in [0.1, 0.15) is 23.6 Å². The first-order valence-corrected chi connectivity index (χ1v) is 11.5. The predicted octanol–water partition coefficient (Wildman–Crippen LogP) is 2.97. The summed E-state index contributed by atoms with van der Waals surface area (Å²) in [5, 5.41) is 2.75. The average Bonchev–Trinajstić information content (AvgIpc) is 2.67. The van der Waals surface area contributed by atoms with Gasteiger partial charge in [-0.15, -0.1) is 0 Å². The quantitative estimate of drug-likeness (QED) is 0.614. The molecule has 7 nitrogen and oxygen atoms in total. The number of aryl methyl sites for hydroxylation is 2. The van der Waals surface area contributed by atoms with Crippen LogP contribution in [0.3, 0.4) is 0 Å². The molecule has 0 aliphatic heterocycles. The summed E-state index contributed by atoms with van der Waals surface area (Å²) in [4.78, 5) is 12.7. The lowest BCUT2D eigenvalue weighted by atomic mass is 10.1. The molecule has 30 heavy (non-hydrogen) atoms.